The van der Waals surface area contributed by atoms with Crippen LogP contribution in [0.5, 0.6) is 5.75 Å². The fourth-order valence-corrected chi connectivity index (χ4v) is 6.02. The van der Waals surface area contributed by atoms with E-state index in [4.69, 9.17) is 4.74 Å². The number of hydrogen-bond donors (Lipinski definition) is 0. The number of likely N-dealkylation sites (tertiary alicyclic amines) is 1. The van der Waals surface area contributed by atoms with Gasteiger partial charge in [-0.15, -0.1) is 0 Å². The summed E-state index contributed by atoms with van der Waals surface area (Å²) in [5.74, 6) is 0.507. The molecule has 190 valence electrons. The number of piperidine rings is 1. The average Bonchev–Trinajstić information content (AvgIpc) is 3.30. The quantitative estimate of drug-likeness (QED) is 0.543. The van der Waals surface area contributed by atoms with Gasteiger partial charge in [-0.3, -0.25) is 14.3 Å². The summed E-state index contributed by atoms with van der Waals surface area (Å²) in [5.41, 5.74) is 1.02. The maximum Gasteiger partial charge on any atom is 0.263 e. The molecule has 2 fully saturated rings. The maximum atomic E-state index is 13.7. The molecule has 0 N–H and O–H groups in total. The first-order valence-electron chi connectivity index (χ1n) is 12.2. The molecule has 3 heterocycles. The first-order chi connectivity index (χ1) is 16.8. The van der Waals surface area contributed by atoms with Crippen molar-refractivity contribution in [2.45, 2.75) is 44.7 Å². The van der Waals surface area contributed by atoms with E-state index in [1.54, 1.807) is 4.90 Å². The molecule has 1 aromatic heterocycles. The summed E-state index contributed by atoms with van der Waals surface area (Å²) in [6.45, 7) is 7.09. The summed E-state index contributed by atoms with van der Waals surface area (Å²) in [5, 5.41) is 4.13. The van der Waals surface area contributed by atoms with Gasteiger partial charge in [0.15, 0.2) is 0 Å². The number of piperazine rings is 1. The van der Waals surface area contributed by atoms with E-state index in [2.05, 4.69) is 10.00 Å². The van der Waals surface area contributed by atoms with Crippen LogP contribution in [0.25, 0.3) is 0 Å². The number of rotatable bonds is 8. The number of sulfonamides is 1. The number of anilines is 1. The highest BCUT2D eigenvalue weighted by molar-refractivity contribution is 7.89. The Morgan fingerprint density at radius 2 is 1.71 bits per heavy atom. The molecule has 2 aromatic rings. The van der Waals surface area contributed by atoms with E-state index in [0.29, 0.717) is 52.2 Å². The number of Topliss-reactive ketones (excluding diaryl/α,β-unsaturated/α-hetero) is 1. The summed E-state index contributed by atoms with van der Waals surface area (Å²) in [6.07, 6.45) is 2.87. The van der Waals surface area contributed by atoms with E-state index >= 15 is 0 Å². The molecule has 0 aliphatic carbocycles. The number of hydrogen-bond acceptors (Lipinski definition) is 7. The molecule has 0 unspecified atom stereocenters. The van der Waals surface area contributed by atoms with Crippen molar-refractivity contribution in [2.24, 2.45) is 0 Å². The lowest BCUT2D eigenvalue weighted by molar-refractivity contribution is -0.120. The molecule has 10 nitrogen and oxygen atoms in total. The number of amides is 1. The Bertz CT molecular complexity index is 1160. The van der Waals surface area contributed by atoms with Gasteiger partial charge < -0.3 is 14.5 Å². The second-order valence-corrected chi connectivity index (χ2v) is 10.6. The first kappa shape index (κ1) is 25.2. The Balaban J connectivity index is 1.55. The Hall–Kier alpha value is -2.92. The smallest absolute Gasteiger partial charge is 0.263 e. The molecule has 1 aromatic carbocycles. The van der Waals surface area contributed by atoms with Crippen molar-refractivity contribution in [3.8, 4) is 5.75 Å². The van der Waals surface area contributed by atoms with Gasteiger partial charge in [-0.05, 0) is 25.5 Å². The summed E-state index contributed by atoms with van der Waals surface area (Å²) in [4.78, 5) is 28.5. The van der Waals surface area contributed by atoms with Crippen LogP contribution in [0, 0.1) is 0 Å². The largest absolute Gasteiger partial charge is 0.492 e. The molecule has 0 bridgehead atoms. The Morgan fingerprint density at radius 1 is 1.03 bits per heavy atom. The summed E-state index contributed by atoms with van der Waals surface area (Å²) >= 11 is 0. The summed E-state index contributed by atoms with van der Waals surface area (Å²) in [6, 6.07) is 7.74. The first-order valence-corrected chi connectivity index (χ1v) is 13.6. The molecule has 11 heteroatoms. The van der Waals surface area contributed by atoms with Gasteiger partial charge in [0.1, 0.15) is 11.5 Å². The number of ketones is 1. The van der Waals surface area contributed by atoms with Gasteiger partial charge in [0, 0.05) is 64.9 Å². The number of aromatic nitrogens is 2. The van der Waals surface area contributed by atoms with Crippen LogP contribution < -0.4 is 9.64 Å². The molecule has 1 amide bonds. The third-order valence-electron chi connectivity index (χ3n) is 6.35. The molecule has 2 aliphatic heterocycles. The van der Waals surface area contributed by atoms with Crippen LogP contribution in [0.2, 0.25) is 0 Å². The fourth-order valence-electron chi connectivity index (χ4n) is 4.50. The third-order valence-corrected chi connectivity index (χ3v) is 8.18. The van der Waals surface area contributed by atoms with Gasteiger partial charge in [-0.25, -0.2) is 8.42 Å². The van der Waals surface area contributed by atoms with Crippen LogP contribution in [-0.2, 0) is 21.4 Å². The van der Waals surface area contributed by atoms with Crippen LogP contribution >= 0.6 is 0 Å². The van der Waals surface area contributed by atoms with Gasteiger partial charge >= 0.3 is 0 Å². The van der Waals surface area contributed by atoms with Crippen molar-refractivity contribution < 1.29 is 22.7 Å². The molecule has 35 heavy (non-hydrogen) atoms. The average molecular weight is 504 g/mol. The van der Waals surface area contributed by atoms with E-state index in [9.17, 15) is 18.0 Å². The van der Waals surface area contributed by atoms with E-state index in [0.717, 1.165) is 17.9 Å². The topological polar surface area (TPSA) is 105 Å². The standard InChI is InChI=1S/C24H33N5O5S/c1-3-11-28-18-20(24(31)27-12-9-19(30)10-13-27)23(25-28)35(32,33)29-16-14-26(15-17-29)21-7-5-6-8-22(21)34-4-2/h5-8,18H,3-4,9-17H2,1-2H3. The minimum absolute atomic E-state index is 0.0805. The number of para-hydroxylation sites is 2. The van der Waals surface area contributed by atoms with Crippen LogP contribution in [0.3, 0.4) is 0 Å². The Morgan fingerprint density at radius 3 is 2.37 bits per heavy atom. The molecule has 0 atom stereocenters. The number of nitrogens with zero attached hydrogens (tertiary/aromatic N) is 5. The molecular formula is C24H33N5O5S. The predicted molar refractivity (Wildman–Crippen MR) is 131 cm³/mol. The lowest BCUT2D eigenvalue weighted by atomic mass is 10.1. The van der Waals surface area contributed by atoms with Gasteiger partial charge in [-0.2, -0.15) is 9.40 Å². The van der Waals surface area contributed by atoms with E-state index in [1.165, 1.54) is 15.2 Å². The van der Waals surface area contributed by atoms with Crippen molar-refractivity contribution in [1.82, 2.24) is 19.0 Å². The van der Waals surface area contributed by atoms with Crippen LogP contribution in [0.4, 0.5) is 5.69 Å². The third kappa shape index (κ3) is 5.35. The SMILES string of the molecule is CCCn1cc(C(=O)N2CCC(=O)CC2)c(S(=O)(=O)N2CCN(c3ccccc3OCC)CC2)n1. The maximum absolute atomic E-state index is 13.7. The lowest BCUT2D eigenvalue weighted by Gasteiger charge is -2.35. The van der Waals surface area contributed by atoms with Gasteiger partial charge in [-0.1, -0.05) is 19.1 Å². The monoisotopic (exact) mass is 503 g/mol. The van der Waals surface area contributed by atoms with Crippen molar-refractivity contribution in [2.75, 3.05) is 50.8 Å². The Kier molecular flexibility index (Phi) is 7.75. The number of ether oxygens (including phenoxy) is 1. The molecule has 0 radical (unpaired) electrons. The van der Waals surface area contributed by atoms with E-state index < -0.39 is 10.0 Å². The van der Waals surface area contributed by atoms with E-state index in [1.807, 2.05) is 38.1 Å². The van der Waals surface area contributed by atoms with Crippen LogP contribution in [0.1, 0.15) is 43.5 Å². The summed E-state index contributed by atoms with van der Waals surface area (Å²) in [7, 11) is -3.98. The zero-order valence-electron chi connectivity index (χ0n) is 20.4. The fraction of sp³-hybridized carbons (Fsp3) is 0.542. The molecule has 0 saturated carbocycles. The molecule has 0 spiro atoms. The molecule has 2 aliphatic rings. The minimum atomic E-state index is -3.98. The lowest BCUT2D eigenvalue weighted by Crippen LogP contribution is -2.49. The van der Waals surface area contributed by atoms with Crippen molar-refractivity contribution in [3.63, 3.8) is 0 Å². The zero-order chi connectivity index (χ0) is 25.0. The highest BCUT2D eigenvalue weighted by Gasteiger charge is 2.36. The minimum Gasteiger partial charge on any atom is -0.492 e. The molecule has 4 rings (SSSR count). The van der Waals surface area contributed by atoms with Gasteiger partial charge in [0.2, 0.25) is 5.03 Å². The second kappa shape index (κ2) is 10.8. The zero-order valence-corrected chi connectivity index (χ0v) is 21.2. The van der Waals surface area contributed by atoms with Crippen molar-refractivity contribution in [3.05, 3.63) is 36.0 Å². The van der Waals surface area contributed by atoms with Crippen LogP contribution in [-0.4, -0.2) is 85.0 Å². The summed E-state index contributed by atoms with van der Waals surface area (Å²) < 4.78 is 36.0. The number of carbonyl (C=O) groups is 2. The van der Waals surface area contributed by atoms with Crippen molar-refractivity contribution >= 4 is 27.4 Å². The van der Waals surface area contributed by atoms with Crippen molar-refractivity contribution in [1.29, 1.82) is 0 Å². The van der Waals surface area contributed by atoms with Gasteiger partial charge in [0.25, 0.3) is 15.9 Å². The van der Waals surface area contributed by atoms with Crippen LogP contribution in [0.15, 0.2) is 35.5 Å². The molecule has 2 saturated heterocycles. The van der Waals surface area contributed by atoms with E-state index in [-0.39, 0.29) is 35.4 Å². The number of benzene rings is 1. The normalized spacial score (nSPS) is 17.6. The second-order valence-electron chi connectivity index (χ2n) is 8.73. The van der Waals surface area contributed by atoms with Gasteiger partial charge in [0.05, 0.1) is 17.9 Å². The highest BCUT2D eigenvalue weighted by Crippen LogP contribution is 2.30. The molecular weight excluding hydrogens is 470 g/mol. The number of carbonyl (C=O) groups excluding carboxylic acids is 2. The predicted octanol–water partition coefficient (Wildman–Crippen LogP) is 2.01. The highest BCUT2D eigenvalue weighted by atomic mass is 32.2. The Labute approximate surface area is 206 Å². The number of aryl methyl sites for hydroxylation is 1.